The number of rotatable bonds is 35. The van der Waals surface area contributed by atoms with E-state index in [2.05, 4.69) is 16.0 Å². The van der Waals surface area contributed by atoms with Gasteiger partial charge in [0.05, 0.1) is 77.8 Å². The van der Waals surface area contributed by atoms with Crippen LogP contribution >= 0.6 is 0 Å². The Morgan fingerprint density at radius 1 is 0.266 bits per heavy atom. The fourth-order valence-electron chi connectivity index (χ4n) is 16.4. The van der Waals surface area contributed by atoms with Crippen LogP contribution in [0.2, 0.25) is 0 Å². The Kier molecular flexibility index (Phi) is 38.7. The molecule has 0 unspecified atom stereocenters. The molecule has 0 bridgehead atoms. The largest absolute Gasteiger partial charge is 0.394 e. The topological polar surface area (TPSA) is 879 Å². The van der Waals surface area contributed by atoms with Gasteiger partial charge in [-0.3, -0.25) is 14.4 Å². The van der Waals surface area contributed by atoms with Crippen molar-refractivity contribution < 1.29 is 262 Å². The molecule has 54 atom stereocenters. The summed E-state index contributed by atoms with van der Waals surface area (Å²) in [6, 6.07) is -6.17. The van der Waals surface area contributed by atoms with Crippen LogP contribution < -0.4 is 16.0 Å². The monoisotopic (exact) mass is 1880 g/mol. The van der Waals surface area contributed by atoms with Crippen LogP contribution in [0.25, 0.3) is 0 Å². The summed E-state index contributed by atoms with van der Waals surface area (Å²) in [6.45, 7) is -4.55. The van der Waals surface area contributed by atoms with E-state index < -0.39 is 408 Å². The molecule has 33 N–H and O–H groups in total. The highest BCUT2D eigenvalue weighted by Crippen LogP contribution is 2.42. The van der Waals surface area contributed by atoms with Crippen LogP contribution in [0.4, 0.5) is 0 Å². The van der Waals surface area contributed by atoms with Gasteiger partial charge in [-0.1, -0.05) is 0 Å². The van der Waals surface area contributed by atoms with Crippen molar-refractivity contribution in [2.24, 2.45) is 0 Å². The van der Waals surface area contributed by atoms with Crippen molar-refractivity contribution in [1.29, 1.82) is 0 Å². The van der Waals surface area contributed by atoms with E-state index in [4.69, 9.17) is 94.7 Å². The Morgan fingerprint density at radius 3 is 0.992 bits per heavy atom. The first-order chi connectivity index (χ1) is 60.4. The van der Waals surface area contributed by atoms with Crippen LogP contribution in [0, 0.1) is 0 Å². The number of ether oxygens (including phenoxy) is 20. The van der Waals surface area contributed by atoms with Crippen molar-refractivity contribution in [3.05, 3.63) is 0 Å². The Morgan fingerprint density at radius 2 is 0.562 bits per heavy atom. The number of hydrogen-bond donors (Lipinski definition) is 33. The van der Waals surface area contributed by atoms with E-state index in [1.165, 1.54) is 20.8 Å². The maximum Gasteiger partial charge on any atom is 0.217 e. The number of aliphatic hydroxyl groups excluding tert-OH is 30. The minimum absolute atomic E-state index is 0.872. The standard InChI is InChI=1S/C72H123N3O53/c1-16-34(89)43(98)48(103)66(110-16)122-57-29(14-83)118-65(33(75-21(6)86)59(57)125-72-62(47(102)39(94)25(10-79)115-72)128-68-50(105)45(100)36(91)18(3)112-68)127-61-41(96)30(119-71(53(61)108)120-54(23(88)8-77)37(92)22(87)7-76)15-109-63-32(74-20(5)85)58(124-67-49(104)44(99)35(90)17(2)111-67)56(28(13-82)116-63)123-70-52(107)60(40(95)26(11-80)114-70)126-64-31(73-19(4)84)42(97)55(27(12-81)117-64)121-69-51(106)46(101)38(93)24(9-78)113-69/h16-18,22-72,76-83,87-108H,7-15H2,1-6H3,(H,73,84)(H,74,85)(H,75,86)/t16-,17-,18-,22-,23+,24+,25+,26+,27+,28+,29+,30+,31+,32+,33+,34+,35+,36+,37+,38-,39-,40-,41-,42+,43+,44+,45+,46-,47-,48-,49-,50-,51+,52+,53+,54+,55+,56+,57+,58+,59+,60-,61-,62+,63+,64-,65-,66-,67-,68-,69-,70-,71-,72-/m0/s1. The van der Waals surface area contributed by atoms with Gasteiger partial charge in [0.1, 0.15) is 250 Å². The molecule has 0 spiro atoms. The molecule has 0 saturated carbocycles. The number of carbonyl (C=O) groups is 3. The molecule has 56 heteroatoms. The Labute approximate surface area is 726 Å². The van der Waals surface area contributed by atoms with Crippen LogP contribution in [0.5, 0.6) is 0 Å². The summed E-state index contributed by atoms with van der Waals surface area (Å²) < 4.78 is 121. The second kappa shape index (κ2) is 46.5. The van der Waals surface area contributed by atoms with Gasteiger partial charge in [0.2, 0.25) is 17.7 Å². The lowest BCUT2D eigenvalue weighted by Crippen LogP contribution is -2.72. The molecule has 3 amide bonds. The lowest BCUT2D eigenvalue weighted by molar-refractivity contribution is -0.400. The summed E-state index contributed by atoms with van der Waals surface area (Å²) in [5.74, 6) is -3.08. The predicted octanol–water partition coefficient (Wildman–Crippen LogP) is -21.8. The Balaban J connectivity index is 1.01. The number of aliphatic hydroxyl groups is 30. The second-order valence-electron chi connectivity index (χ2n) is 32.8. The highest BCUT2D eigenvalue weighted by molar-refractivity contribution is 5.74. The van der Waals surface area contributed by atoms with Gasteiger partial charge in [0, 0.05) is 20.8 Å². The first-order valence-electron chi connectivity index (χ1n) is 41.2. The maximum absolute atomic E-state index is 13.8. The smallest absolute Gasteiger partial charge is 0.217 e. The third-order valence-corrected chi connectivity index (χ3v) is 23.7. The minimum atomic E-state index is -2.65. The molecular weight excluding hydrogens is 1750 g/mol. The average Bonchev–Trinajstić information content (AvgIpc) is 0.758. The molecule has 10 heterocycles. The Bertz CT molecular complexity index is 3410. The zero-order valence-corrected chi connectivity index (χ0v) is 69.3. The molecule has 0 aliphatic carbocycles. The van der Waals surface area contributed by atoms with Crippen LogP contribution in [0.15, 0.2) is 0 Å². The van der Waals surface area contributed by atoms with Gasteiger partial charge in [-0.2, -0.15) is 0 Å². The van der Waals surface area contributed by atoms with Gasteiger partial charge >= 0.3 is 0 Å². The molecule has 744 valence electrons. The molecule has 10 saturated heterocycles. The van der Waals surface area contributed by atoms with E-state index in [1.54, 1.807) is 0 Å². The quantitative estimate of drug-likeness (QED) is 0.0280. The maximum atomic E-state index is 13.8. The van der Waals surface area contributed by atoms with Gasteiger partial charge in [-0.05, 0) is 20.8 Å². The van der Waals surface area contributed by atoms with Crippen molar-refractivity contribution in [2.45, 2.75) is 373 Å². The first kappa shape index (κ1) is 106. The number of carbonyl (C=O) groups excluding carboxylic acids is 3. The zero-order valence-electron chi connectivity index (χ0n) is 69.3. The lowest BCUT2D eigenvalue weighted by Gasteiger charge is -2.52. The van der Waals surface area contributed by atoms with E-state index in [1.807, 2.05) is 0 Å². The molecule has 0 aromatic heterocycles. The molecule has 0 aromatic rings. The molecular formula is C72H123N3O53. The molecule has 10 rings (SSSR count). The summed E-state index contributed by atoms with van der Waals surface area (Å²) >= 11 is 0. The summed E-state index contributed by atoms with van der Waals surface area (Å²) in [4.78, 5) is 40.4. The second-order valence-corrected chi connectivity index (χ2v) is 32.8. The SMILES string of the molecule is CC(=O)N[C@H]1[C@H](O[C@H]2[C@@H](O)[C@@H](CO)O[C@@H](O[C@H]3[C@H](O[C@@H]4O[C@@H](C)[C@@H](O)[C@@H](O)[C@@H]4O)[C@@H](NC(C)=O)[C@H](OC[C@H]4O[C@@H](O[C@@H]([C@H](O)[C@@H](O)CO)[C@H](O)CO)[C@H](O)[C@@H](O[C@@H]5O[C@H](CO)[C@@H](O[C@@H]6O[C@@H](C)[C@@H](O)[C@@H](O)[C@@H]6O)[C@H](O[C@@H]6O[C@H](CO)[C@H](O)[C@H](O)[C@H]6O[C@@H]6O[C@@H](C)[C@@H](O)[C@@H](O)[C@@H]6O)[C@H]5NC(C)=O)[C@H]4O)O[C@@H]3CO)[C@@H]2O)O[C@H](CO)[C@@H](O[C@@H]2O[C@H](CO)[C@H](O)[C@H](O)[C@H]2O)[C@@H]1O. The number of amides is 3. The van der Waals surface area contributed by atoms with E-state index >= 15 is 0 Å². The van der Waals surface area contributed by atoms with Crippen molar-refractivity contribution in [1.82, 2.24) is 16.0 Å². The van der Waals surface area contributed by atoms with E-state index in [0.717, 1.165) is 20.8 Å². The summed E-state index contributed by atoms with van der Waals surface area (Å²) in [5.41, 5.74) is 0. The number of hydrogen-bond acceptors (Lipinski definition) is 53. The molecule has 56 nitrogen and oxygen atoms in total. The highest BCUT2D eigenvalue weighted by Gasteiger charge is 2.63. The van der Waals surface area contributed by atoms with E-state index in [-0.39, 0.29) is 0 Å². The van der Waals surface area contributed by atoms with Gasteiger partial charge in [-0.25, -0.2) is 0 Å². The fraction of sp³-hybridized carbons (Fsp3) is 0.958. The molecule has 10 fully saturated rings. The molecule has 0 aromatic carbocycles. The van der Waals surface area contributed by atoms with Gasteiger partial charge in [-0.15, -0.1) is 0 Å². The zero-order chi connectivity index (χ0) is 94.5. The van der Waals surface area contributed by atoms with Crippen molar-refractivity contribution in [2.75, 3.05) is 59.5 Å². The molecule has 128 heavy (non-hydrogen) atoms. The average molecular weight is 1880 g/mol. The molecule has 0 radical (unpaired) electrons. The summed E-state index contributed by atoms with van der Waals surface area (Å²) in [7, 11) is 0. The van der Waals surface area contributed by atoms with Crippen LogP contribution in [0.1, 0.15) is 41.5 Å². The van der Waals surface area contributed by atoms with Gasteiger partial charge < -0.3 is 264 Å². The van der Waals surface area contributed by atoms with Gasteiger partial charge in [0.25, 0.3) is 0 Å². The van der Waals surface area contributed by atoms with Crippen LogP contribution in [0.3, 0.4) is 0 Å². The summed E-state index contributed by atoms with van der Waals surface area (Å²) in [5, 5.41) is 341. The minimum Gasteiger partial charge on any atom is -0.394 e. The number of nitrogens with one attached hydrogen (secondary N) is 3. The van der Waals surface area contributed by atoms with Gasteiger partial charge in [0.15, 0.2) is 62.9 Å². The highest BCUT2D eigenvalue weighted by atomic mass is 16.8. The third-order valence-electron chi connectivity index (χ3n) is 23.7. The van der Waals surface area contributed by atoms with E-state index in [0.29, 0.717) is 0 Å². The van der Waals surface area contributed by atoms with Crippen LogP contribution in [-0.2, 0) is 109 Å². The van der Waals surface area contributed by atoms with Crippen LogP contribution in [-0.4, -0.2) is 562 Å². The lowest BCUT2D eigenvalue weighted by atomic mass is 9.93. The fourth-order valence-corrected chi connectivity index (χ4v) is 16.4. The van der Waals surface area contributed by atoms with Crippen molar-refractivity contribution in [3.63, 3.8) is 0 Å². The first-order valence-corrected chi connectivity index (χ1v) is 41.2. The van der Waals surface area contributed by atoms with Crippen molar-refractivity contribution >= 4 is 17.7 Å². The van der Waals surface area contributed by atoms with E-state index in [9.17, 15) is 168 Å². The molecule has 10 aliphatic rings. The third kappa shape index (κ3) is 23.4. The Hall–Kier alpha value is -3.59. The van der Waals surface area contributed by atoms with Crippen molar-refractivity contribution in [3.8, 4) is 0 Å². The normalized spacial score (nSPS) is 49.0. The summed E-state index contributed by atoms with van der Waals surface area (Å²) in [6.07, 6.45) is -108. The predicted molar refractivity (Wildman–Crippen MR) is 395 cm³/mol. The molecule has 10 aliphatic heterocycles.